The van der Waals surface area contributed by atoms with Crippen LogP contribution in [0.2, 0.25) is 0 Å². The molecule has 1 fully saturated rings. The van der Waals surface area contributed by atoms with Crippen LogP contribution in [0, 0.1) is 12.8 Å². The van der Waals surface area contributed by atoms with Crippen LogP contribution in [0.25, 0.3) is 0 Å². The van der Waals surface area contributed by atoms with Gasteiger partial charge in [0.05, 0.1) is 18.4 Å². The van der Waals surface area contributed by atoms with Gasteiger partial charge in [0.1, 0.15) is 0 Å². The normalized spacial score (nSPS) is 23.4. The van der Waals surface area contributed by atoms with E-state index in [0.29, 0.717) is 12.0 Å². The van der Waals surface area contributed by atoms with E-state index in [1.54, 1.807) is 7.11 Å². The number of likely N-dealkylation sites (tertiary alicyclic amines) is 1. The Kier molecular flexibility index (Phi) is 5.64. The number of methoxy groups -OCH3 is 1. The highest BCUT2D eigenvalue weighted by molar-refractivity contribution is 5.85. The second kappa shape index (κ2) is 6.59. The molecule has 6 heteroatoms. The molecule has 0 spiro atoms. The minimum atomic E-state index is 0. The molecule has 2 heterocycles. The van der Waals surface area contributed by atoms with Gasteiger partial charge >= 0.3 is 0 Å². The first-order valence-corrected chi connectivity index (χ1v) is 6.57. The zero-order chi connectivity index (χ0) is 13.3. The summed E-state index contributed by atoms with van der Waals surface area (Å²) >= 11 is 0. The third-order valence-corrected chi connectivity index (χ3v) is 3.97. The largest absolute Gasteiger partial charge is 0.481 e. The summed E-state index contributed by atoms with van der Waals surface area (Å²) in [4.78, 5) is 2.48. The summed E-state index contributed by atoms with van der Waals surface area (Å²) in [6.45, 7) is 7.08. The maximum absolute atomic E-state index is 5.77. The molecule has 1 aromatic rings. The van der Waals surface area contributed by atoms with Crippen LogP contribution >= 0.6 is 12.4 Å². The summed E-state index contributed by atoms with van der Waals surface area (Å²) in [7, 11) is 3.63. The summed E-state index contributed by atoms with van der Waals surface area (Å²) in [5.74, 6) is 1.50. The molecule has 1 aliphatic rings. The van der Waals surface area contributed by atoms with E-state index < -0.39 is 0 Å². The summed E-state index contributed by atoms with van der Waals surface area (Å²) in [5, 5.41) is 4.43. The van der Waals surface area contributed by atoms with Crippen molar-refractivity contribution < 1.29 is 4.74 Å². The van der Waals surface area contributed by atoms with Gasteiger partial charge in [-0.1, -0.05) is 0 Å². The molecule has 2 rings (SSSR count). The van der Waals surface area contributed by atoms with E-state index in [2.05, 4.69) is 16.9 Å². The topological polar surface area (TPSA) is 56.3 Å². The van der Waals surface area contributed by atoms with Crippen molar-refractivity contribution in [2.75, 3.05) is 20.2 Å². The average Bonchev–Trinajstić information content (AvgIpc) is 2.81. The number of nitrogens with two attached hydrogens (primary N) is 1. The second-order valence-corrected chi connectivity index (χ2v) is 5.31. The molecule has 19 heavy (non-hydrogen) atoms. The molecule has 110 valence electrons. The molecular weight excluding hydrogens is 264 g/mol. The standard InChI is InChI=1S/C13H24N4O.ClH/c1-9-5-11(6-14)7-17(9)8-12-10(2)15-16(3)13(12)18-4;/h9,11H,5-8,14H2,1-4H3;1H. The Morgan fingerprint density at radius 3 is 2.68 bits per heavy atom. The highest BCUT2D eigenvalue weighted by atomic mass is 35.5. The van der Waals surface area contributed by atoms with E-state index in [-0.39, 0.29) is 12.4 Å². The van der Waals surface area contributed by atoms with Crippen LogP contribution in [0.15, 0.2) is 0 Å². The molecule has 1 aliphatic heterocycles. The highest BCUT2D eigenvalue weighted by Gasteiger charge is 2.29. The Morgan fingerprint density at radius 2 is 2.16 bits per heavy atom. The van der Waals surface area contributed by atoms with Crippen LogP contribution in [0.1, 0.15) is 24.6 Å². The highest BCUT2D eigenvalue weighted by Crippen LogP contribution is 2.28. The van der Waals surface area contributed by atoms with Crippen LogP contribution in [-0.4, -0.2) is 40.9 Å². The molecule has 2 atom stereocenters. The average molecular weight is 289 g/mol. The quantitative estimate of drug-likeness (QED) is 0.908. The first-order chi connectivity index (χ1) is 8.56. The molecule has 0 amide bonds. The molecule has 0 saturated carbocycles. The van der Waals surface area contributed by atoms with Gasteiger partial charge in [0, 0.05) is 26.2 Å². The fourth-order valence-corrected chi connectivity index (χ4v) is 2.93. The number of ether oxygens (including phenoxy) is 1. The zero-order valence-electron chi connectivity index (χ0n) is 12.2. The monoisotopic (exact) mass is 288 g/mol. The molecule has 0 aromatic carbocycles. The maximum Gasteiger partial charge on any atom is 0.216 e. The van der Waals surface area contributed by atoms with Crippen molar-refractivity contribution in [1.82, 2.24) is 14.7 Å². The lowest BCUT2D eigenvalue weighted by Crippen LogP contribution is -2.27. The van der Waals surface area contributed by atoms with Crippen LogP contribution in [0.4, 0.5) is 0 Å². The summed E-state index contributed by atoms with van der Waals surface area (Å²) in [6, 6.07) is 0.586. The van der Waals surface area contributed by atoms with Crippen molar-refractivity contribution in [3.05, 3.63) is 11.3 Å². The van der Waals surface area contributed by atoms with Gasteiger partial charge in [0.15, 0.2) is 0 Å². The molecule has 0 bridgehead atoms. The number of hydrogen-bond donors (Lipinski definition) is 1. The summed E-state index contributed by atoms with van der Waals surface area (Å²) < 4.78 is 7.26. The van der Waals surface area contributed by atoms with Crippen molar-refractivity contribution in [3.63, 3.8) is 0 Å². The fraction of sp³-hybridized carbons (Fsp3) is 0.769. The summed E-state index contributed by atoms with van der Waals surface area (Å²) in [6.07, 6.45) is 1.19. The van der Waals surface area contributed by atoms with Crippen LogP contribution in [0.5, 0.6) is 5.88 Å². The van der Waals surface area contributed by atoms with Crippen LogP contribution in [-0.2, 0) is 13.6 Å². The molecule has 1 saturated heterocycles. The smallest absolute Gasteiger partial charge is 0.216 e. The first kappa shape index (κ1) is 16.3. The second-order valence-electron chi connectivity index (χ2n) is 5.31. The van der Waals surface area contributed by atoms with Gasteiger partial charge < -0.3 is 10.5 Å². The molecule has 0 radical (unpaired) electrons. The fourth-order valence-electron chi connectivity index (χ4n) is 2.93. The Hall–Kier alpha value is -0.780. The molecule has 1 aromatic heterocycles. The predicted octanol–water partition coefficient (Wildman–Crippen LogP) is 1.33. The van der Waals surface area contributed by atoms with Gasteiger partial charge in [-0.2, -0.15) is 5.10 Å². The van der Waals surface area contributed by atoms with Crippen molar-refractivity contribution in [2.45, 2.75) is 32.9 Å². The number of aromatic nitrogens is 2. The lowest BCUT2D eigenvalue weighted by molar-refractivity contribution is 0.250. The van der Waals surface area contributed by atoms with Gasteiger partial charge in [-0.15, -0.1) is 12.4 Å². The Morgan fingerprint density at radius 1 is 1.47 bits per heavy atom. The van der Waals surface area contributed by atoms with Gasteiger partial charge in [0.25, 0.3) is 0 Å². The molecular formula is C13H25ClN4O. The van der Waals surface area contributed by atoms with Crippen LogP contribution < -0.4 is 10.5 Å². The lowest BCUT2D eigenvalue weighted by atomic mass is 10.1. The number of rotatable bonds is 4. The van der Waals surface area contributed by atoms with E-state index in [1.165, 1.54) is 12.0 Å². The third kappa shape index (κ3) is 3.22. The van der Waals surface area contributed by atoms with Gasteiger partial charge in [-0.25, -0.2) is 4.68 Å². The lowest BCUT2D eigenvalue weighted by Gasteiger charge is -2.21. The molecule has 2 N–H and O–H groups in total. The van der Waals surface area contributed by atoms with Gasteiger partial charge in [-0.3, -0.25) is 4.90 Å². The molecule has 5 nitrogen and oxygen atoms in total. The SMILES string of the molecule is COc1c(CN2CC(CN)CC2C)c(C)nn1C.Cl. The summed E-state index contributed by atoms with van der Waals surface area (Å²) in [5.41, 5.74) is 8.03. The van der Waals surface area contributed by atoms with E-state index in [1.807, 2.05) is 18.7 Å². The number of nitrogens with zero attached hydrogens (tertiary/aromatic N) is 3. The van der Waals surface area contributed by atoms with E-state index in [4.69, 9.17) is 10.5 Å². The van der Waals surface area contributed by atoms with Crippen molar-refractivity contribution in [2.24, 2.45) is 18.7 Å². The Balaban J connectivity index is 0.00000180. The molecule has 2 unspecified atom stereocenters. The molecule has 0 aliphatic carbocycles. The Labute approximate surface area is 121 Å². The zero-order valence-corrected chi connectivity index (χ0v) is 13.0. The Bertz CT molecular complexity index is 421. The predicted molar refractivity (Wildman–Crippen MR) is 78.8 cm³/mol. The van der Waals surface area contributed by atoms with Gasteiger partial charge in [-0.05, 0) is 32.7 Å². The minimum Gasteiger partial charge on any atom is -0.481 e. The van der Waals surface area contributed by atoms with Crippen molar-refractivity contribution >= 4 is 12.4 Å². The van der Waals surface area contributed by atoms with E-state index in [9.17, 15) is 0 Å². The number of hydrogen-bond acceptors (Lipinski definition) is 4. The van der Waals surface area contributed by atoms with Gasteiger partial charge in [0.2, 0.25) is 5.88 Å². The van der Waals surface area contributed by atoms with Crippen molar-refractivity contribution in [1.29, 1.82) is 0 Å². The minimum absolute atomic E-state index is 0. The van der Waals surface area contributed by atoms with E-state index in [0.717, 1.165) is 31.2 Å². The van der Waals surface area contributed by atoms with E-state index >= 15 is 0 Å². The number of halogens is 1. The first-order valence-electron chi connectivity index (χ1n) is 6.57. The third-order valence-electron chi connectivity index (χ3n) is 3.97. The maximum atomic E-state index is 5.77. The number of aryl methyl sites for hydroxylation is 2. The van der Waals surface area contributed by atoms with Crippen LogP contribution in [0.3, 0.4) is 0 Å². The van der Waals surface area contributed by atoms with Crippen molar-refractivity contribution in [3.8, 4) is 5.88 Å².